The van der Waals surface area contributed by atoms with E-state index in [2.05, 4.69) is 15.9 Å². The lowest BCUT2D eigenvalue weighted by Crippen LogP contribution is -2.35. The van der Waals surface area contributed by atoms with Crippen LogP contribution in [0.2, 0.25) is 0 Å². The Kier molecular flexibility index (Phi) is 5.41. The molecule has 0 aliphatic heterocycles. The van der Waals surface area contributed by atoms with Crippen molar-refractivity contribution in [3.63, 3.8) is 0 Å². The van der Waals surface area contributed by atoms with Crippen LogP contribution in [-0.4, -0.2) is 25.5 Å². The third kappa shape index (κ3) is 3.10. The fraction of sp³-hybridized carbons (Fsp3) is 0.455. The summed E-state index contributed by atoms with van der Waals surface area (Å²) < 4.78 is 6.24. The van der Waals surface area contributed by atoms with Gasteiger partial charge in [-0.2, -0.15) is 0 Å². The molecule has 84 valence electrons. The van der Waals surface area contributed by atoms with Crippen molar-refractivity contribution in [3.05, 3.63) is 34.3 Å². The molecule has 0 amide bonds. The fourth-order valence-corrected chi connectivity index (χ4v) is 2.44. The Morgan fingerprint density at radius 3 is 2.13 bits per heavy atom. The van der Waals surface area contributed by atoms with Crippen molar-refractivity contribution in [2.45, 2.75) is 5.41 Å². The summed E-state index contributed by atoms with van der Waals surface area (Å²) in [5, 5.41) is 0. The van der Waals surface area contributed by atoms with Gasteiger partial charge in [0.15, 0.2) is 0 Å². The number of ether oxygens (including phenoxy) is 1. The number of hydrogen-bond donors (Lipinski definition) is 0. The highest BCUT2D eigenvalue weighted by atomic mass is 79.9. The van der Waals surface area contributed by atoms with Crippen molar-refractivity contribution in [3.8, 4) is 0 Å². The molecule has 1 nitrogen and oxygen atoms in total. The van der Waals surface area contributed by atoms with Gasteiger partial charge in [0.05, 0.1) is 6.61 Å². The van der Waals surface area contributed by atoms with E-state index in [1.165, 1.54) is 0 Å². The maximum absolute atomic E-state index is 6.00. The third-order valence-electron chi connectivity index (χ3n) is 2.39. The van der Waals surface area contributed by atoms with Crippen LogP contribution in [0.3, 0.4) is 0 Å². The van der Waals surface area contributed by atoms with Crippen LogP contribution in [0.5, 0.6) is 0 Å². The van der Waals surface area contributed by atoms with E-state index in [1.54, 1.807) is 7.11 Å². The van der Waals surface area contributed by atoms with E-state index in [4.69, 9.17) is 27.9 Å². The largest absolute Gasteiger partial charge is 0.384 e. The molecule has 15 heavy (non-hydrogen) atoms. The summed E-state index contributed by atoms with van der Waals surface area (Å²) in [5.74, 6) is 0.901. The van der Waals surface area contributed by atoms with Gasteiger partial charge in [-0.1, -0.05) is 28.1 Å². The second-order valence-electron chi connectivity index (χ2n) is 3.49. The first-order valence-corrected chi connectivity index (χ1v) is 6.41. The highest BCUT2D eigenvalue weighted by molar-refractivity contribution is 9.10. The first-order chi connectivity index (χ1) is 7.18. The van der Waals surface area contributed by atoms with Crippen molar-refractivity contribution >= 4 is 39.1 Å². The summed E-state index contributed by atoms with van der Waals surface area (Å²) in [6.45, 7) is 0.529. The SMILES string of the molecule is COCC(CCl)(CCl)c1ccc(Br)cc1. The molecule has 4 heteroatoms. The van der Waals surface area contributed by atoms with Crippen molar-refractivity contribution in [1.29, 1.82) is 0 Å². The van der Waals surface area contributed by atoms with E-state index in [1.807, 2.05) is 24.3 Å². The minimum absolute atomic E-state index is 0.293. The first kappa shape index (κ1) is 13.3. The molecule has 1 rings (SSSR count). The molecule has 1 aromatic rings. The molecule has 0 atom stereocenters. The number of hydrogen-bond acceptors (Lipinski definition) is 1. The molecule has 0 aromatic heterocycles. The van der Waals surface area contributed by atoms with Gasteiger partial charge in [0.1, 0.15) is 0 Å². The minimum atomic E-state index is -0.293. The Bertz CT molecular complexity index is 296. The van der Waals surface area contributed by atoms with Crippen LogP contribution in [0.4, 0.5) is 0 Å². The number of methoxy groups -OCH3 is 1. The topological polar surface area (TPSA) is 9.23 Å². The molecule has 0 heterocycles. The average Bonchev–Trinajstić information content (AvgIpc) is 2.27. The number of halogens is 3. The molecular formula is C11H13BrCl2O. The third-order valence-corrected chi connectivity index (χ3v) is 3.94. The van der Waals surface area contributed by atoms with Gasteiger partial charge in [-0.3, -0.25) is 0 Å². The quantitative estimate of drug-likeness (QED) is 0.751. The van der Waals surface area contributed by atoms with E-state index < -0.39 is 0 Å². The molecule has 0 N–H and O–H groups in total. The van der Waals surface area contributed by atoms with Gasteiger partial charge in [0.2, 0.25) is 0 Å². The van der Waals surface area contributed by atoms with Crippen LogP contribution in [0.15, 0.2) is 28.7 Å². The Morgan fingerprint density at radius 2 is 1.73 bits per heavy atom. The summed E-state index contributed by atoms with van der Waals surface area (Å²) >= 11 is 15.4. The van der Waals surface area contributed by atoms with Crippen LogP contribution in [0.1, 0.15) is 5.56 Å². The standard InChI is InChI=1S/C11H13BrCl2O/c1-15-8-11(6-13,7-14)9-2-4-10(12)5-3-9/h2-5H,6-8H2,1H3. The second-order valence-corrected chi connectivity index (χ2v) is 4.94. The molecule has 0 unspecified atom stereocenters. The zero-order valence-corrected chi connectivity index (χ0v) is 11.6. The van der Waals surface area contributed by atoms with Gasteiger partial charge in [-0.15, -0.1) is 23.2 Å². The predicted molar refractivity (Wildman–Crippen MR) is 69.1 cm³/mol. The molecule has 0 spiro atoms. The van der Waals surface area contributed by atoms with E-state index in [0.717, 1.165) is 10.0 Å². The van der Waals surface area contributed by atoms with Crippen LogP contribution in [0.25, 0.3) is 0 Å². The van der Waals surface area contributed by atoms with Crippen LogP contribution >= 0.6 is 39.1 Å². The molecular weight excluding hydrogens is 299 g/mol. The fourth-order valence-electron chi connectivity index (χ4n) is 1.43. The molecule has 0 saturated carbocycles. The molecule has 0 radical (unpaired) electrons. The van der Waals surface area contributed by atoms with E-state index in [0.29, 0.717) is 18.4 Å². The Morgan fingerprint density at radius 1 is 1.20 bits per heavy atom. The van der Waals surface area contributed by atoms with Crippen LogP contribution in [-0.2, 0) is 10.2 Å². The molecule has 0 fully saturated rings. The molecule has 0 saturated heterocycles. The van der Waals surface area contributed by atoms with E-state index in [-0.39, 0.29) is 5.41 Å². The zero-order chi connectivity index (χ0) is 11.3. The highest BCUT2D eigenvalue weighted by Gasteiger charge is 2.30. The summed E-state index contributed by atoms with van der Waals surface area (Å²) in [6, 6.07) is 8.01. The summed E-state index contributed by atoms with van der Waals surface area (Å²) in [5.41, 5.74) is 0.816. The Balaban J connectivity index is 3.02. The van der Waals surface area contributed by atoms with Gasteiger partial charge >= 0.3 is 0 Å². The lowest BCUT2D eigenvalue weighted by atomic mass is 9.85. The second kappa shape index (κ2) is 6.09. The normalized spacial score (nSPS) is 11.7. The van der Waals surface area contributed by atoms with Gasteiger partial charge in [0, 0.05) is 28.8 Å². The molecule has 0 aliphatic rings. The predicted octanol–water partition coefficient (Wildman–Crippen LogP) is 3.81. The molecule has 1 aromatic carbocycles. The monoisotopic (exact) mass is 310 g/mol. The number of rotatable bonds is 5. The lowest BCUT2D eigenvalue weighted by Gasteiger charge is -2.29. The summed E-state index contributed by atoms with van der Waals surface area (Å²) in [6.07, 6.45) is 0. The maximum Gasteiger partial charge on any atom is 0.0582 e. The smallest absolute Gasteiger partial charge is 0.0582 e. The van der Waals surface area contributed by atoms with Gasteiger partial charge < -0.3 is 4.74 Å². The van der Waals surface area contributed by atoms with Crippen molar-refractivity contribution in [1.82, 2.24) is 0 Å². The van der Waals surface area contributed by atoms with Crippen molar-refractivity contribution in [2.75, 3.05) is 25.5 Å². The Labute approximate surface area is 109 Å². The van der Waals surface area contributed by atoms with Crippen molar-refractivity contribution < 1.29 is 4.74 Å². The maximum atomic E-state index is 6.00. The zero-order valence-electron chi connectivity index (χ0n) is 8.47. The van der Waals surface area contributed by atoms with E-state index >= 15 is 0 Å². The first-order valence-electron chi connectivity index (χ1n) is 4.55. The molecule has 0 aliphatic carbocycles. The van der Waals surface area contributed by atoms with Crippen LogP contribution in [0, 0.1) is 0 Å². The summed E-state index contributed by atoms with van der Waals surface area (Å²) in [4.78, 5) is 0. The van der Waals surface area contributed by atoms with Gasteiger partial charge in [-0.05, 0) is 17.7 Å². The lowest BCUT2D eigenvalue weighted by molar-refractivity contribution is 0.149. The molecule has 0 bridgehead atoms. The average molecular weight is 312 g/mol. The summed E-state index contributed by atoms with van der Waals surface area (Å²) in [7, 11) is 1.66. The highest BCUT2D eigenvalue weighted by Crippen LogP contribution is 2.29. The minimum Gasteiger partial charge on any atom is -0.384 e. The van der Waals surface area contributed by atoms with Crippen LogP contribution < -0.4 is 0 Å². The number of alkyl halides is 2. The van der Waals surface area contributed by atoms with Gasteiger partial charge in [0.25, 0.3) is 0 Å². The van der Waals surface area contributed by atoms with Crippen molar-refractivity contribution in [2.24, 2.45) is 0 Å². The van der Waals surface area contributed by atoms with E-state index in [9.17, 15) is 0 Å². The van der Waals surface area contributed by atoms with Gasteiger partial charge in [-0.25, -0.2) is 0 Å². The Hall–Kier alpha value is 0.240. The number of benzene rings is 1.